The van der Waals surface area contributed by atoms with Gasteiger partial charge in [-0.05, 0) is 31.3 Å². The first kappa shape index (κ1) is 24.0. The molecule has 2 aromatic carbocycles. The molecule has 34 heavy (non-hydrogen) atoms. The number of benzene rings is 2. The second-order valence-corrected chi connectivity index (χ2v) is 9.73. The Hall–Kier alpha value is -3.12. The summed E-state index contributed by atoms with van der Waals surface area (Å²) in [7, 11) is -0.720. The number of aromatic nitrogens is 2. The number of halogens is 1. The quantitative estimate of drug-likeness (QED) is 0.367. The van der Waals surface area contributed by atoms with Gasteiger partial charge in [-0.1, -0.05) is 23.7 Å². The molecule has 180 valence electrons. The predicted octanol–water partition coefficient (Wildman–Crippen LogP) is 2.94. The van der Waals surface area contributed by atoms with Gasteiger partial charge in [0, 0.05) is 37.9 Å². The maximum atomic E-state index is 12.4. The minimum Gasteiger partial charge on any atom is -0.494 e. The number of anilines is 5. The Morgan fingerprint density at radius 2 is 1.85 bits per heavy atom. The Balaban J connectivity index is 1.59. The molecule has 0 saturated carbocycles. The lowest BCUT2D eigenvalue weighted by Gasteiger charge is -2.30. The summed E-state index contributed by atoms with van der Waals surface area (Å²) in [6, 6.07) is 12.4. The van der Waals surface area contributed by atoms with E-state index in [1.54, 1.807) is 25.3 Å². The summed E-state index contributed by atoms with van der Waals surface area (Å²) in [5, 5.41) is 9.74. The van der Waals surface area contributed by atoms with Crippen LogP contribution in [0.3, 0.4) is 0 Å². The van der Waals surface area contributed by atoms with Crippen LogP contribution in [0.15, 0.2) is 53.6 Å². The fourth-order valence-electron chi connectivity index (χ4n) is 3.58. The van der Waals surface area contributed by atoms with Gasteiger partial charge in [0.2, 0.25) is 16.0 Å². The largest absolute Gasteiger partial charge is 0.494 e. The Labute approximate surface area is 203 Å². The Morgan fingerprint density at radius 1 is 1.09 bits per heavy atom. The molecule has 2 heterocycles. The van der Waals surface area contributed by atoms with Gasteiger partial charge in [0.25, 0.3) is 0 Å². The van der Waals surface area contributed by atoms with Crippen LogP contribution < -0.4 is 30.3 Å². The molecule has 4 rings (SSSR count). The van der Waals surface area contributed by atoms with Gasteiger partial charge in [0.05, 0.1) is 24.7 Å². The monoisotopic (exact) mass is 503 g/mol. The highest BCUT2D eigenvalue weighted by molar-refractivity contribution is 7.89. The maximum Gasteiger partial charge on any atom is 0.242 e. The van der Waals surface area contributed by atoms with Crippen molar-refractivity contribution >= 4 is 50.5 Å². The number of rotatable bonds is 8. The van der Waals surface area contributed by atoms with E-state index >= 15 is 0 Å². The van der Waals surface area contributed by atoms with Gasteiger partial charge >= 0.3 is 0 Å². The van der Waals surface area contributed by atoms with Gasteiger partial charge < -0.3 is 25.6 Å². The highest BCUT2D eigenvalue weighted by Crippen LogP contribution is 2.33. The van der Waals surface area contributed by atoms with E-state index in [0.717, 1.165) is 31.9 Å². The molecule has 3 aromatic rings. The van der Waals surface area contributed by atoms with Gasteiger partial charge in [0.1, 0.15) is 15.7 Å². The van der Waals surface area contributed by atoms with E-state index < -0.39 is 10.0 Å². The fourth-order valence-corrected chi connectivity index (χ4v) is 4.60. The Kier molecular flexibility index (Phi) is 7.37. The molecule has 0 spiro atoms. The molecule has 0 aliphatic carbocycles. The number of sulfonamides is 1. The normalized spacial score (nSPS) is 14.0. The van der Waals surface area contributed by atoms with Crippen molar-refractivity contribution < 1.29 is 13.2 Å². The molecule has 1 aromatic heterocycles. The zero-order chi connectivity index (χ0) is 24.1. The Bertz CT molecular complexity index is 1270. The minimum atomic E-state index is -3.68. The van der Waals surface area contributed by atoms with Crippen molar-refractivity contribution in [3.05, 3.63) is 53.7 Å². The lowest BCUT2D eigenvalue weighted by molar-refractivity contribution is 0.416. The molecule has 0 amide bonds. The third-order valence-electron chi connectivity index (χ3n) is 5.36. The first-order valence-electron chi connectivity index (χ1n) is 10.6. The highest BCUT2D eigenvalue weighted by Gasteiger charge is 2.18. The molecule has 12 heteroatoms. The molecule has 1 fully saturated rings. The number of methoxy groups -OCH3 is 1. The average molecular weight is 504 g/mol. The minimum absolute atomic E-state index is 0.0758. The number of ether oxygens (including phenoxy) is 1. The molecule has 1 aliphatic heterocycles. The smallest absolute Gasteiger partial charge is 0.242 e. The lowest BCUT2D eigenvalue weighted by Crippen LogP contribution is -2.43. The molecular formula is C22H26ClN7O3S. The molecule has 1 saturated heterocycles. The van der Waals surface area contributed by atoms with Gasteiger partial charge in [-0.3, -0.25) is 0 Å². The van der Waals surface area contributed by atoms with E-state index in [0.29, 0.717) is 17.1 Å². The number of nitrogens with zero attached hydrogens (tertiary/aromatic N) is 3. The number of hydrogen-bond donors (Lipinski definition) is 4. The van der Waals surface area contributed by atoms with Crippen molar-refractivity contribution in [1.82, 2.24) is 20.0 Å². The van der Waals surface area contributed by atoms with Gasteiger partial charge in [-0.15, -0.1) is 0 Å². The molecular weight excluding hydrogens is 478 g/mol. The zero-order valence-electron chi connectivity index (χ0n) is 18.8. The van der Waals surface area contributed by atoms with Crippen LogP contribution in [0, 0.1) is 0 Å². The first-order valence-corrected chi connectivity index (χ1v) is 12.5. The molecule has 0 radical (unpaired) electrons. The third kappa shape index (κ3) is 5.33. The van der Waals surface area contributed by atoms with Crippen molar-refractivity contribution in [2.45, 2.75) is 4.90 Å². The summed E-state index contributed by atoms with van der Waals surface area (Å²) in [4.78, 5) is 11.1. The highest BCUT2D eigenvalue weighted by atomic mass is 35.5. The van der Waals surface area contributed by atoms with Crippen LogP contribution in [0.4, 0.5) is 28.8 Å². The average Bonchev–Trinajstić information content (AvgIpc) is 2.87. The molecule has 4 N–H and O–H groups in total. The summed E-state index contributed by atoms with van der Waals surface area (Å²) in [5.41, 5.74) is 2.10. The van der Waals surface area contributed by atoms with Crippen LogP contribution in [-0.4, -0.2) is 58.7 Å². The summed E-state index contributed by atoms with van der Waals surface area (Å²) >= 11 is 6.30. The van der Waals surface area contributed by atoms with Crippen molar-refractivity contribution in [3.63, 3.8) is 0 Å². The van der Waals surface area contributed by atoms with Crippen molar-refractivity contribution in [2.75, 3.05) is 55.9 Å². The molecule has 0 atom stereocenters. The lowest BCUT2D eigenvalue weighted by atomic mass is 10.2. The van der Waals surface area contributed by atoms with Crippen LogP contribution in [0.2, 0.25) is 5.02 Å². The topological polar surface area (TPSA) is 121 Å². The molecule has 0 bridgehead atoms. The van der Waals surface area contributed by atoms with E-state index in [4.69, 9.17) is 16.3 Å². The number of nitrogens with one attached hydrogen (secondary N) is 4. The SMILES string of the molecule is CNS(=O)(=O)c1ccccc1Nc1nc(Nc2ccc(N3CCNCC3)cc2OC)ncc1Cl. The van der Waals surface area contributed by atoms with Crippen LogP contribution in [0.1, 0.15) is 0 Å². The van der Waals surface area contributed by atoms with Crippen LogP contribution >= 0.6 is 11.6 Å². The van der Waals surface area contributed by atoms with E-state index in [1.807, 2.05) is 18.2 Å². The standard InChI is InChI=1S/C22H26ClN7O3S/c1-24-34(31,32)20-6-4-3-5-18(20)27-21-16(23)14-26-22(29-21)28-17-8-7-15(13-19(17)33-2)30-11-9-25-10-12-30/h3-8,13-14,24-25H,9-12H2,1-2H3,(H2,26,27,28,29). The van der Waals surface area contributed by atoms with E-state index in [-0.39, 0.29) is 21.7 Å². The summed E-state index contributed by atoms with van der Waals surface area (Å²) < 4.78 is 32.6. The summed E-state index contributed by atoms with van der Waals surface area (Å²) in [6.45, 7) is 3.73. The number of hydrogen-bond acceptors (Lipinski definition) is 9. The second kappa shape index (κ2) is 10.4. The zero-order valence-corrected chi connectivity index (χ0v) is 20.4. The predicted molar refractivity (Wildman–Crippen MR) is 134 cm³/mol. The van der Waals surface area contributed by atoms with E-state index in [1.165, 1.54) is 19.3 Å². The maximum absolute atomic E-state index is 12.4. The van der Waals surface area contributed by atoms with Crippen LogP contribution in [0.5, 0.6) is 5.75 Å². The van der Waals surface area contributed by atoms with Crippen molar-refractivity contribution in [1.29, 1.82) is 0 Å². The van der Waals surface area contributed by atoms with Gasteiger partial charge in [0.15, 0.2) is 5.82 Å². The Morgan fingerprint density at radius 3 is 2.59 bits per heavy atom. The fraction of sp³-hybridized carbons (Fsp3) is 0.273. The van der Waals surface area contributed by atoms with Crippen LogP contribution in [-0.2, 0) is 10.0 Å². The van der Waals surface area contributed by atoms with Gasteiger partial charge in [-0.2, -0.15) is 4.98 Å². The molecule has 0 unspecified atom stereocenters. The summed E-state index contributed by atoms with van der Waals surface area (Å²) in [5.74, 6) is 1.18. The number of para-hydroxylation sites is 1. The summed E-state index contributed by atoms with van der Waals surface area (Å²) in [6.07, 6.45) is 1.44. The van der Waals surface area contributed by atoms with Gasteiger partial charge in [-0.25, -0.2) is 18.1 Å². The third-order valence-corrected chi connectivity index (χ3v) is 7.11. The second-order valence-electron chi connectivity index (χ2n) is 7.47. The molecule has 1 aliphatic rings. The van der Waals surface area contributed by atoms with E-state index in [2.05, 4.69) is 35.5 Å². The number of piperazine rings is 1. The van der Waals surface area contributed by atoms with Crippen molar-refractivity contribution in [2.24, 2.45) is 0 Å². The van der Waals surface area contributed by atoms with Crippen molar-refractivity contribution in [3.8, 4) is 5.75 Å². The van der Waals surface area contributed by atoms with Crippen LogP contribution in [0.25, 0.3) is 0 Å². The first-order chi connectivity index (χ1) is 16.4. The van der Waals surface area contributed by atoms with E-state index in [9.17, 15) is 8.42 Å². The molecule has 10 nitrogen and oxygen atoms in total.